The van der Waals surface area contributed by atoms with Gasteiger partial charge < -0.3 is 0 Å². The standard InChI is InChI=1S/C48H29N3/c1-3-12-32(13-4-1)45-49-46(33-14-5-2-6-15-33)51-47(50-45)36-19-9-18-34(28-36)35-26-27-38-37-20-7-8-21-39(37)48(42(38)29-35)40-22-10-16-30-24-25-31-17-11-23-41(48)44(31)43(30)40/h1-29H. The summed E-state index contributed by atoms with van der Waals surface area (Å²) < 4.78 is 0. The van der Waals surface area contributed by atoms with E-state index in [1.165, 1.54) is 60.5 Å². The van der Waals surface area contributed by atoms with E-state index in [4.69, 9.17) is 15.0 Å². The number of hydrogen-bond acceptors (Lipinski definition) is 3. The summed E-state index contributed by atoms with van der Waals surface area (Å²) in [5.74, 6) is 1.97. The van der Waals surface area contributed by atoms with Crippen molar-refractivity contribution in [2.45, 2.75) is 5.41 Å². The summed E-state index contributed by atoms with van der Waals surface area (Å²) in [5.41, 5.74) is 12.8. The summed E-state index contributed by atoms with van der Waals surface area (Å²) in [7, 11) is 0. The number of fused-ring (bicyclic) bond motifs is 7. The van der Waals surface area contributed by atoms with Crippen LogP contribution >= 0.6 is 0 Å². The van der Waals surface area contributed by atoms with Crippen molar-refractivity contribution < 1.29 is 0 Å². The summed E-state index contributed by atoms with van der Waals surface area (Å²) in [5, 5.41) is 5.33. The number of rotatable bonds is 4. The third kappa shape index (κ3) is 3.97. The molecule has 1 spiro atoms. The maximum Gasteiger partial charge on any atom is 0.164 e. The molecule has 0 fully saturated rings. The largest absolute Gasteiger partial charge is 0.208 e. The maximum absolute atomic E-state index is 5.02. The van der Waals surface area contributed by atoms with Crippen LogP contribution in [0, 0.1) is 0 Å². The van der Waals surface area contributed by atoms with Crippen LogP contribution in [0.4, 0.5) is 0 Å². The summed E-state index contributed by atoms with van der Waals surface area (Å²) in [6, 6.07) is 63.2. The van der Waals surface area contributed by atoms with E-state index in [0.29, 0.717) is 17.5 Å². The van der Waals surface area contributed by atoms with E-state index in [0.717, 1.165) is 22.3 Å². The van der Waals surface area contributed by atoms with Gasteiger partial charge in [-0.15, -0.1) is 0 Å². The summed E-state index contributed by atoms with van der Waals surface area (Å²) in [6.07, 6.45) is 0. The lowest BCUT2D eigenvalue weighted by Crippen LogP contribution is -2.26. The Morgan fingerprint density at radius 1 is 0.294 bits per heavy atom. The molecule has 3 heteroatoms. The molecule has 0 saturated heterocycles. The molecule has 2 aliphatic carbocycles. The third-order valence-corrected chi connectivity index (χ3v) is 10.9. The molecule has 8 aromatic carbocycles. The lowest BCUT2D eigenvalue weighted by molar-refractivity contribution is 0.797. The minimum Gasteiger partial charge on any atom is -0.208 e. The van der Waals surface area contributed by atoms with E-state index < -0.39 is 5.41 Å². The maximum atomic E-state index is 5.02. The fourth-order valence-electron chi connectivity index (χ4n) is 8.74. The molecule has 0 atom stereocenters. The van der Waals surface area contributed by atoms with Gasteiger partial charge in [0.25, 0.3) is 0 Å². The molecule has 0 unspecified atom stereocenters. The minimum atomic E-state index is -0.397. The average molecular weight is 648 g/mol. The van der Waals surface area contributed by atoms with Crippen molar-refractivity contribution in [3.63, 3.8) is 0 Å². The van der Waals surface area contributed by atoms with Crippen LogP contribution < -0.4 is 0 Å². The highest BCUT2D eigenvalue weighted by Crippen LogP contribution is 2.62. The predicted molar refractivity (Wildman–Crippen MR) is 207 cm³/mol. The lowest BCUT2D eigenvalue weighted by Gasteiger charge is -2.31. The van der Waals surface area contributed by atoms with Gasteiger partial charge in [-0.1, -0.05) is 164 Å². The summed E-state index contributed by atoms with van der Waals surface area (Å²) in [4.78, 5) is 14.9. The molecule has 0 N–H and O–H groups in total. The molecule has 0 radical (unpaired) electrons. The first-order valence-electron chi connectivity index (χ1n) is 17.4. The molecule has 0 amide bonds. The first kappa shape index (κ1) is 28.2. The number of benzene rings is 8. The second kappa shape index (κ2) is 10.6. The van der Waals surface area contributed by atoms with E-state index in [1.807, 2.05) is 60.7 Å². The minimum absolute atomic E-state index is 0.397. The zero-order valence-corrected chi connectivity index (χ0v) is 27.6. The Morgan fingerprint density at radius 2 is 0.765 bits per heavy atom. The van der Waals surface area contributed by atoms with Gasteiger partial charge in [0.1, 0.15) is 0 Å². The van der Waals surface area contributed by atoms with Crippen LogP contribution in [0.15, 0.2) is 176 Å². The molecular weight excluding hydrogens is 619 g/mol. The third-order valence-electron chi connectivity index (χ3n) is 10.9. The molecule has 1 aromatic heterocycles. The number of nitrogens with zero attached hydrogens (tertiary/aromatic N) is 3. The van der Waals surface area contributed by atoms with Crippen LogP contribution in [0.5, 0.6) is 0 Å². The summed E-state index contributed by atoms with van der Waals surface area (Å²) >= 11 is 0. The fourth-order valence-corrected chi connectivity index (χ4v) is 8.74. The van der Waals surface area contributed by atoms with E-state index in [1.54, 1.807) is 0 Å². The predicted octanol–water partition coefficient (Wildman–Crippen LogP) is 11.5. The average Bonchev–Trinajstić information content (AvgIpc) is 3.68. The highest BCUT2D eigenvalue weighted by atomic mass is 15.0. The van der Waals surface area contributed by atoms with Crippen molar-refractivity contribution in [2.24, 2.45) is 0 Å². The molecule has 11 rings (SSSR count). The molecule has 0 bridgehead atoms. The van der Waals surface area contributed by atoms with Gasteiger partial charge in [0.15, 0.2) is 17.5 Å². The number of aromatic nitrogens is 3. The van der Waals surface area contributed by atoms with Crippen LogP contribution in [0.1, 0.15) is 22.3 Å². The van der Waals surface area contributed by atoms with Crippen molar-refractivity contribution in [1.82, 2.24) is 15.0 Å². The topological polar surface area (TPSA) is 38.7 Å². The van der Waals surface area contributed by atoms with E-state index in [-0.39, 0.29) is 0 Å². The van der Waals surface area contributed by atoms with Crippen molar-refractivity contribution in [1.29, 1.82) is 0 Å². The van der Waals surface area contributed by atoms with Crippen LogP contribution in [-0.2, 0) is 5.41 Å². The first-order chi connectivity index (χ1) is 25.3. The molecule has 0 aliphatic heterocycles. The zero-order valence-electron chi connectivity index (χ0n) is 27.6. The Bertz CT molecular complexity index is 2740. The van der Waals surface area contributed by atoms with E-state index >= 15 is 0 Å². The molecule has 0 saturated carbocycles. The van der Waals surface area contributed by atoms with Gasteiger partial charge in [-0.3, -0.25) is 0 Å². The zero-order chi connectivity index (χ0) is 33.5. The number of hydrogen-bond donors (Lipinski definition) is 0. The molecule has 9 aromatic rings. The molecule has 51 heavy (non-hydrogen) atoms. The molecular formula is C48H29N3. The van der Waals surface area contributed by atoms with E-state index in [2.05, 4.69) is 115 Å². The highest BCUT2D eigenvalue weighted by molar-refractivity contribution is 6.17. The Morgan fingerprint density at radius 3 is 1.41 bits per heavy atom. The monoisotopic (exact) mass is 647 g/mol. The molecule has 1 heterocycles. The summed E-state index contributed by atoms with van der Waals surface area (Å²) in [6.45, 7) is 0. The quantitative estimate of drug-likeness (QED) is 0.178. The molecule has 2 aliphatic rings. The van der Waals surface area contributed by atoms with Crippen molar-refractivity contribution >= 4 is 21.5 Å². The second-order valence-corrected chi connectivity index (χ2v) is 13.5. The first-order valence-corrected chi connectivity index (χ1v) is 17.4. The Hall–Kier alpha value is -6.71. The SMILES string of the molecule is c1ccc(-c2nc(-c3ccccc3)nc(-c3cccc(-c4ccc5c(c4)C4(c6ccccc6-5)c5cccc6ccc7cccc4c7c56)c3)n2)cc1. The Kier molecular flexibility index (Phi) is 5.88. The van der Waals surface area contributed by atoms with Gasteiger partial charge in [-0.25, -0.2) is 15.0 Å². The van der Waals surface area contributed by atoms with Gasteiger partial charge >= 0.3 is 0 Å². The Balaban J connectivity index is 1.11. The van der Waals surface area contributed by atoms with Gasteiger partial charge in [-0.05, 0) is 78.2 Å². The normalized spacial score (nSPS) is 13.3. The Labute approximate surface area is 295 Å². The van der Waals surface area contributed by atoms with Gasteiger partial charge in [0, 0.05) is 16.7 Å². The van der Waals surface area contributed by atoms with Gasteiger partial charge in [0.05, 0.1) is 5.41 Å². The van der Waals surface area contributed by atoms with Crippen molar-refractivity contribution in [3.05, 3.63) is 198 Å². The van der Waals surface area contributed by atoms with Crippen molar-refractivity contribution in [3.8, 4) is 56.4 Å². The van der Waals surface area contributed by atoms with Crippen LogP contribution in [0.3, 0.4) is 0 Å². The fraction of sp³-hybridized carbons (Fsp3) is 0.0208. The molecule has 3 nitrogen and oxygen atoms in total. The van der Waals surface area contributed by atoms with Gasteiger partial charge in [-0.2, -0.15) is 0 Å². The van der Waals surface area contributed by atoms with Gasteiger partial charge in [0.2, 0.25) is 0 Å². The van der Waals surface area contributed by atoms with Crippen LogP contribution in [0.2, 0.25) is 0 Å². The van der Waals surface area contributed by atoms with Crippen LogP contribution in [-0.4, -0.2) is 15.0 Å². The molecule has 236 valence electrons. The van der Waals surface area contributed by atoms with Crippen molar-refractivity contribution in [2.75, 3.05) is 0 Å². The highest BCUT2D eigenvalue weighted by Gasteiger charge is 2.50. The smallest absolute Gasteiger partial charge is 0.164 e. The second-order valence-electron chi connectivity index (χ2n) is 13.5. The van der Waals surface area contributed by atoms with Crippen LogP contribution in [0.25, 0.3) is 78.0 Å². The lowest BCUT2D eigenvalue weighted by atomic mass is 9.70. The van der Waals surface area contributed by atoms with E-state index in [9.17, 15) is 0 Å².